The van der Waals surface area contributed by atoms with Crippen LogP contribution in [0.25, 0.3) is 0 Å². The highest BCUT2D eigenvalue weighted by Crippen LogP contribution is 2.38. The summed E-state index contributed by atoms with van der Waals surface area (Å²) in [6.45, 7) is 1.67. The molecule has 0 saturated carbocycles. The minimum Gasteiger partial charge on any atom is -0.392 e. The lowest BCUT2D eigenvalue weighted by atomic mass is 9.71. The summed E-state index contributed by atoms with van der Waals surface area (Å²) in [7, 11) is 1.54. The molecule has 8 nitrogen and oxygen atoms in total. The van der Waals surface area contributed by atoms with E-state index in [4.69, 9.17) is 0 Å². The largest absolute Gasteiger partial charge is 0.392 e. The van der Waals surface area contributed by atoms with Gasteiger partial charge >= 0.3 is 0 Å². The minimum atomic E-state index is -0.780. The fourth-order valence-electron chi connectivity index (χ4n) is 3.38. The van der Waals surface area contributed by atoms with Gasteiger partial charge in [-0.15, -0.1) is 10.2 Å². The van der Waals surface area contributed by atoms with Crippen LogP contribution in [0.1, 0.15) is 29.8 Å². The number of aliphatic hydroxyl groups is 1. The van der Waals surface area contributed by atoms with Crippen molar-refractivity contribution in [3.63, 3.8) is 0 Å². The maximum absolute atomic E-state index is 12.4. The number of nitrogens with zero attached hydrogens (tertiary/aromatic N) is 3. The molecule has 23 heavy (non-hydrogen) atoms. The van der Waals surface area contributed by atoms with Crippen LogP contribution in [0.5, 0.6) is 0 Å². The van der Waals surface area contributed by atoms with Crippen LogP contribution in [0.4, 0.5) is 5.82 Å². The molecule has 0 unspecified atom stereocenters. The van der Waals surface area contributed by atoms with E-state index in [9.17, 15) is 14.7 Å². The summed E-state index contributed by atoms with van der Waals surface area (Å²) in [4.78, 5) is 25.8. The Morgan fingerprint density at radius 1 is 1.48 bits per heavy atom. The summed E-state index contributed by atoms with van der Waals surface area (Å²) in [5.41, 5.74) is -0.532. The smallest absolute Gasteiger partial charge is 0.271 e. The summed E-state index contributed by atoms with van der Waals surface area (Å²) < 4.78 is 0. The van der Waals surface area contributed by atoms with Gasteiger partial charge in [-0.1, -0.05) is 0 Å². The monoisotopic (exact) mass is 319 g/mol. The molecule has 3 heterocycles. The van der Waals surface area contributed by atoms with E-state index < -0.39 is 11.5 Å². The number of hydrogen-bond acceptors (Lipinski definition) is 6. The number of aromatic nitrogens is 2. The van der Waals surface area contributed by atoms with E-state index in [0.717, 1.165) is 6.42 Å². The van der Waals surface area contributed by atoms with Gasteiger partial charge in [-0.2, -0.15) is 0 Å². The Morgan fingerprint density at radius 3 is 2.96 bits per heavy atom. The topological polar surface area (TPSA) is 107 Å². The highest BCUT2D eigenvalue weighted by Gasteiger charge is 2.50. The number of carbonyl (C=O) groups excluding carboxylic acids is 2. The summed E-state index contributed by atoms with van der Waals surface area (Å²) in [5.74, 6) is 0.236. The lowest BCUT2D eigenvalue weighted by Crippen LogP contribution is -2.61. The normalized spacial score (nSPS) is 27.7. The minimum absolute atomic E-state index is 0.0871. The van der Waals surface area contributed by atoms with Crippen LogP contribution in [0, 0.1) is 5.41 Å². The Labute approximate surface area is 134 Å². The van der Waals surface area contributed by atoms with Crippen LogP contribution in [0.15, 0.2) is 12.1 Å². The molecule has 8 heteroatoms. The van der Waals surface area contributed by atoms with Crippen molar-refractivity contribution in [2.45, 2.75) is 25.4 Å². The van der Waals surface area contributed by atoms with Gasteiger partial charge in [0, 0.05) is 26.7 Å². The van der Waals surface area contributed by atoms with Crippen molar-refractivity contribution < 1.29 is 14.7 Å². The molecule has 2 atom stereocenters. The number of anilines is 1. The highest BCUT2D eigenvalue weighted by molar-refractivity contribution is 5.92. The average Bonchev–Trinajstić information content (AvgIpc) is 2.59. The zero-order valence-electron chi connectivity index (χ0n) is 13.1. The van der Waals surface area contributed by atoms with Gasteiger partial charge < -0.3 is 20.6 Å². The molecule has 0 radical (unpaired) electrons. The molecule has 2 aliphatic rings. The van der Waals surface area contributed by atoms with Gasteiger partial charge in [0.2, 0.25) is 5.91 Å². The molecule has 0 aliphatic carbocycles. The van der Waals surface area contributed by atoms with Gasteiger partial charge in [0.05, 0.1) is 11.5 Å². The van der Waals surface area contributed by atoms with Gasteiger partial charge in [0.25, 0.3) is 5.91 Å². The van der Waals surface area contributed by atoms with Crippen LogP contribution in [-0.4, -0.2) is 59.9 Å². The molecule has 2 aliphatic heterocycles. The Bertz CT molecular complexity index is 606. The molecule has 124 valence electrons. The number of carbonyl (C=O) groups is 2. The Kier molecular flexibility index (Phi) is 4.16. The molecule has 1 aromatic rings. The van der Waals surface area contributed by atoms with Crippen molar-refractivity contribution in [1.29, 1.82) is 0 Å². The Balaban J connectivity index is 1.81. The third-order valence-electron chi connectivity index (χ3n) is 4.75. The molecule has 1 spiro atoms. The van der Waals surface area contributed by atoms with Crippen molar-refractivity contribution in [3.8, 4) is 0 Å². The van der Waals surface area contributed by atoms with Gasteiger partial charge in [-0.05, 0) is 31.4 Å². The van der Waals surface area contributed by atoms with E-state index in [-0.39, 0.29) is 17.5 Å². The highest BCUT2D eigenvalue weighted by atomic mass is 16.3. The summed E-state index contributed by atoms with van der Waals surface area (Å²) in [6, 6.07) is 3.34. The zero-order chi connectivity index (χ0) is 16.4. The molecule has 2 saturated heterocycles. The first-order chi connectivity index (χ1) is 11.1. The standard InChI is InChI=1S/C15H21N5O3/c1-16-13(22)10-3-4-12(19-18-10)20-8-5-11(21)15(9-20)6-2-7-17-14(15)23/h3-4,11,21H,2,5-9H2,1H3,(H,16,22)(H,17,23)/t11-,15-/m1/s1. The summed E-state index contributed by atoms with van der Waals surface area (Å²) in [6.07, 6.45) is 1.39. The van der Waals surface area contributed by atoms with Crippen molar-refractivity contribution in [2.24, 2.45) is 5.41 Å². The first-order valence-electron chi connectivity index (χ1n) is 7.84. The number of rotatable bonds is 2. The van der Waals surface area contributed by atoms with Gasteiger partial charge in [0.1, 0.15) is 0 Å². The molecule has 3 rings (SSSR count). The van der Waals surface area contributed by atoms with E-state index in [0.29, 0.717) is 38.3 Å². The quantitative estimate of drug-likeness (QED) is 0.666. The third-order valence-corrected chi connectivity index (χ3v) is 4.75. The van der Waals surface area contributed by atoms with Crippen molar-refractivity contribution >= 4 is 17.6 Å². The predicted molar refractivity (Wildman–Crippen MR) is 82.9 cm³/mol. The van der Waals surface area contributed by atoms with E-state index >= 15 is 0 Å². The second-order valence-electron chi connectivity index (χ2n) is 6.10. The lowest BCUT2D eigenvalue weighted by Gasteiger charge is -2.47. The van der Waals surface area contributed by atoms with Crippen LogP contribution < -0.4 is 15.5 Å². The fourth-order valence-corrected chi connectivity index (χ4v) is 3.38. The van der Waals surface area contributed by atoms with Crippen molar-refractivity contribution in [2.75, 3.05) is 31.6 Å². The zero-order valence-corrected chi connectivity index (χ0v) is 13.1. The Morgan fingerprint density at radius 2 is 2.30 bits per heavy atom. The van der Waals surface area contributed by atoms with Crippen LogP contribution in [-0.2, 0) is 4.79 Å². The average molecular weight is 319 g/mol. The van der Waals surface area contributed by atoms with Crippen LogP contribution in [0.3, 0.4) is 0 Å². The number of aliphatic hydroxyl groups excluding tert-OH is 1. The molecular weight excluding hydrogens is 298 g/mol. The molecule has 0 bridgehead atoms. The van der Waals surface area contributed by atoms with E-state index in [2.05, 4.69) is 20.8 Å². The van der Waals surface area contributed by atoms with Gasteiger partial charge in [0.15, 0.2) is 11.5 Å². The maximum atomic E-state index is 12.4. The number of piperidine rings is 2. The van der Waals surface area contributed by atoms with Crippen molar-refractivity contribution in [1.82, 2.24) is 20.8 Å². The Hall–Kier alpha value is -2.22. The van der Waals surface area contributed by atoms with Gasteiger partial charge in [-0.25, -0.2) is 0 Å². The summed E-state index contributed by atoms with van der Waals surface area (Å²) in [5, 5.41) is 23.8. The first kappa shape index (κ1) is 15.7. The third kappa shape index (κ3) is 2.74. The second-order valence-corrected chi connectivity index (χ2v) is 6.10. The first-order valence-corrected chi connectivity index (χ1v) is 7.84. The van der Waals surface area contributed by atoms with E-state index in [1.54, 1.807) is 12.1 Å². The molecule has 1 aromatic heterocycles. The number of nitrogens with one attached hydrogen (secondary N) is 2. The molecule has 0 aromatic carbocycles. The number of amides is 2. The van der Waals surface area contributed by atoms with Crippen LogP contribution in [0.2, 0.25) is 0 Å². The van der Waals surface area contributed by atoms with Crippen LogP contribution >= 0.6 is 0 Å². The summed E-state index contributed by atoms with van der Waals surface area (Å²) >= 11 is 0. The van der Waals surface area contributed by atoms with E-state index in [1.165, 1.54) is 7.05 Å². The second kappa shape index (κ2) is 6.11. The van der Waals surface area contributed by atoms with E-state index in [1.807, 2.05) is 4.90 Å². The molecular formula is C15H21N5O3. The lowest BCUT2D eigenvalue weighted by molar-refractivity contribution is -0.142. The number of hydrogen-bond donors (Lipinski definition) is 3. The SMILES string of the molecule is CNC(=O)c1ccc(N2CC[C@@H](O)[C@@]3(CCCNC3=O)C2)nn1. The fraction of sp³-hybridized carbons (Fsp3) is 0.600. The van der Waals surface area contributed by atoms with Gasteiger partial charge in [-0.3, -0.25) is 9.59 Å². The molecule has 2 fully saturated rings. The maximum Gasteiger partial charge on any atom is 0.271 e. The molecule has 2 amide bonds. The molecule has 3 N–H and O–H groups in total. The predicted octanol–water partition coefficient (Wildman–Crippen LogP) is -0.696. The van der Waals surface area contributed by atoms with Crippen molar-refractivity contribution in [3.05, 3.63) is 17.8 Å².